The zero-order valence-corrected chi connectivity index (χ0v) is 24.2. The zero-order chi connectivity index (χ0) is 23.0. The minimum absolute atomic E-state index is 0.0458. The summed E-state index contributed by atoms with van der Waals surface area (Å²) in [7, 11) is 0. The number of nitrogens with zero attached hydrogens (tertiary/aromatic N) is 5. The van der Waals surface area contributed by atoms with Gasteiger partial charge in [0.1, 0.15) is 11.6 Å². The topological polar surface area (TPSA) is 48.1 Å². The first-order valence-corrected chi connectivity index (χ1v) is 13.6. The summed E-state index contributed by atoms with van der Waals surface area (Å²) in [6.45, 7) is 8.32. The van der Waals surface area contributed by atoms with E-state index in [2.05, 4.69) is 122 Å². The smallest absolute Gasteiger partial charge is 0.207 e. The van der Waals surface area contributed by atoms with E-state index in [0.29, 0.717) is 5.92 Å². The van der Waals surface area contributed by atoms with Crippen molar-refractivity contribution in [1.82, 2.24) is 14.5 Å². The molecule has 0 N–H and O–H groups in total. The van der Waals surface area contributed by atoms with Crippen molar-refractivity contribution in [3.05, 3.63) is 53.8 Å². The van der Waals surface area contributed by atoms with Crippen molar-refractivity contribution in [3.8, 4) is 6.07 Å². The highest BCUT2D eigenvalue weighted by Crippen LogP contribution is 2.44. The van der Waals surface area contributed by atoms with Crippen molar-refractivity contribution in [3.63, 3.8) is 0 Å². The second-order valence-corrected chi connectivity index (χ2v) is 11.4. The first kappa shape index (κ1) is 24.2. The van der Waals surface area contributed by atoms with Crippen LogP contribution in [-0.2, 0) is 6.54 Å². The maximum atomic E-state index is 9.61. The van der Waals surface area contributed by atoms with Crippen LogP contribution >= 0.6 is 63.7 Å². The molecular formula is C23H23Br4N5. The molecule has 0 radical (unpaired) electrons. The van der Waals surface area contributed by atoms with Gasteiger partial charge in [-0.25, -0.2) is 4.98 Å². The van der Waals surface area contributed by atoms with Gasteiger partial charge in [-0.2, -0.15) is 5.26 Å². The van der Waals surface area contributed by atoms with E-state index in [1.54, 1.807) is 0 Å². The fourth-order valence-electron chi connectivity index (χ4n) is 4.23. The van der Waals surface area contributed by atoms with Crippen LogP contribution in [0.25, 0.3) is 11.0 Å². The SMILES string of the molecule is CC(C)C(C#N)N1CCN(c2nc3c(Br)c(Br)c(Br)c(Br)c3n2Cc2ccccc2)CC1. The molecule has 1 aliphatic rings. The summed E-state index contributed by atoms with van der Waals surface area (Å²) in [6.07, 6.45) is 0. The van der Waals surface area contributed by atoms with Crippen LogP contribution in [-0.4, -0.2) is 46.7 Å². The van der Waals surface area contributed by atoms with E-state index in [4.69, 9.17) is 4.98 Å². The second-order valence-electron chi connectivity index (χ2n) is 8.28. The van der Waals surface area contributed by atoms with Crippen LogP contribution in [0, 0.1) is 17.2 Å². The molecule has 1 atom stereocenters. The Bertz CT molecular complexity index is 1160. The summed E-state index contributed by atoms with van der Waals surface area (Å²) in [5.41, 5.74) is 3.18. The van der Waals surface area contributed by atoms with E-state index in [1.807, 2.05) is 6.07 Å². The Morgan fingerprint density at radius 1 is 0.938 bits per heavy atom. The van der Waals surface area contributed by atoms with Gasteiger partial charge in [0.05, 0.1) is 27.1 Å². The number of nitriles is 1. The van der Waals surface area contributed by atoms with Crippen LogP contribution in [0.15, 0.2) is 48.2 Å². The fraction of sp³-hybridized carbons (Fsp3) is 0.391. The summed E-state index contributed by atoms with van der Waals surface area (Å²) in [5.74, 6) is 1.27. The van der Waals surface area contributed by atoms with Gasteiger partial charge >= 0.3 is 0 Å². The lowest BCUT2D eigenvalue weighted by molar-refractivity contribution is 0.184. The van der Waals surface area contributed by atoms with E-state index < -0.39 is 0 Å². The molecule has 1 aliphatic heterocycles. The quantitative estimate of drug-likeness (QED) is 0.219. The van der Waals surface area contributed by atoms with Gasteiger partial charge in [0, 0.05) is 35.1 Å². The van der Waals surface area contributed by atoms with Crippen LogP contribution in [0.3, 0.4) is 0 Å². The largest absolute Gasteiger partial charge is 0.340 e. The Balaban J connectivity index is 1.76. The standard InChI is InChI=1S/C23H23Br4N5/c1-14(2)16(12-28)30-8-10-31(11-9-30)23-29-21-19(26)17(24)18(25)20(27)22(21)32(23)13-15-6-4-3-5-7-15/h3-7,14,16H,8-11,13H2,1-2H3. The molecule has 1 aromatic heterocycles. The molecule has 0 aliphatic carbocycles. The average molecular weight is 689 g/mol. The number of fused-ring (bicyclic) bond motifs is 1. The maximum Gasteiger partial charge on any atom is 0.207 e. The predicted octanol–water partition coefficient (Wildman–Crippen LogP) is 6.80. The third-order valence-corrected chi connectivity index (χ3v) is 10.6. The lowest BCUT2D eigenvalue weighted by Gasteiger charge is -2.38. The number of aromatic nitrogens is 2. The number of imidazole rings is 1. The first-order valence-electron chi connectivity index (χ1n) is 10.5. The maximum absolute atomic E-state index is 9.61. The van der Waals surface area contributed by atoms with Crippen molar-refractivity contribution in [2.75, 3.05) is 31.1 Å². The molecule has 5 nitrogen and oxygen atoms in total. The Kier molecular flexibility index (Phi) is 7.67. The van der Waals surface area contributed by atoms with Crippen molar-refractivity contribution < 1.29 is 0 Å². The third kappa shape index (κ3) is 4.54. The molecule has 0 spiro atoms. The van der Waals surface area contributed by atoms with Crippen LogP contribution in [0.5, 0.6) is 0 Å². The molecule has 0 saturated carbocycles. The minimum atomic E-state index is -0.0458. The molecular weight excluding hydrogens is 666 g/mol. The monoisotopic (exact) mass is 685 g/mol. The molecule has 1 saturated heterocycles. The van der Waals surface area contributed by atoms with Gasteiger partial charge in [0.25, 0.3) is 0 Å². The van der Waals surface area contributed by atoms with Crippen LogP contribution in [0.4, 0.5) is 5.95 Å². The number of rotatable bonds is 5. The molecule has 1 unspecified atom stereocenters. The number of benzene rings is 2. The molecule has 2 heterocycles. The number of halogens is 4. The van der Waals surface area contributed by atoms with E-state index in [0.717, 1.165) is 67.6 Å². The number of piperazine rings is 1. The Hall–Kier alpha value is -0.920. The van der Waals surface area contributed by atoms with E-state index in [1.165, 1.54) is 5.56 Å². The van der Waals surface area contributed by atoms with Crippen molar-refractivity contribution in [1.29, 1.82) is 5.26 Å². The van der Waals surface area contributed by atoms with E-state index >= 15 is 0 Å². The van der Waals surface area contributed by atoms with Crippen LogP contribution in [0.1, 0.15) is 19.4 Å². The Morgan fingerprint density at radius 2 is 1.56 bits per heavy atom. The molecule has 0 bridgehead atoms. The highest BCUT2D eigenvalue weighted by atomic mass is 79.9. The second kappa shape index (κ2) is 10.1. The molecule has 168 valence electrons. The predicted molar refractivity (Wildman–Crippen MR) is 144 cm³/mol. The van der Waals surface area contributed by atoms with Gasteiger partial charge in [0.15, 0.2) is 0 Å². The van der Waals surface area contributed by atoms with Gasteiger partial charge in [-0.15, -0.1) is 0 Å². The minimum Gasteiger partial charge on any atom is -0.340 e. The molecule has 9 heteroatoms. The summed E-state index contributed by atoms with van der Waals surface area (Å²) in [6, 6.07) is 12.9. The number of hydrogen-bond donors (Lipinski definition) is 0. The lowest BCUT2D eigenvalue weighted by atomic mass is 10.0. The van der Waals surface area contributed by atoms with Gasteiger partial charge in [0.2, 0.25) is 5.95 Å². The summed E-state index contributed by atoms with van der Waals surface area (Å²) in [4.78, 5) is 9.74. The molecule has 4 rings (SSSR count). The fourth-order valence-corrected chi connectivity index (χ4v) is 6.61. The Morgan fingerprint density at radius 3 is 2.16 bits per heavy atom. The lowest BCUT2D eigenvalue weighted by Crippen LogP contribution is -2.52. The van der Waals surface area contributed by atoms with Crippen molar-refractivity contribution in [2.45, 2.75) is 26.4 Å². The van der Waals surface area contributed by atoms with Crippen molar-refractivity contribution >= 4 is 80.7 Å². The number of anilines is 1. The van der Waals surface area contributed by atoms with Crippen LogP contribution < -0.4 is 4.90 Å². The first-order chi connectivity index (χ1) is 15.3. The molecule has 32 heavy (non-hydrogen) atoms. The van der Waals surface area contributed by atoms with E-state index in [9.17, 15) is 5.26 Å². The van der Waals surface area contributed by atoms with Gasteiger partial charge < -0.3 is 9.47 Å². The third-order valence-electron chi connectivity index (χ3n) is 5.88. The van der Waals surface area contributed by atoms with Crippen molar-refractivity contribution in [2.24, 2.45) is 5.92 Å². The number of hydrogen-bond acceptors (Lipinski definition) is 4. The highest BCUT2D eigenvalue weighted by molar-refractivity contribution is 9.15. The van der Waals surface area contributed by atoms with E-state index in [-0.39, 0.29) is 6.04 Å². The molecule has 2 aromatic carbocycles. The normalized spacial score (nSPS) is 16.0. The van der Waals surface area contributed by atoms with Gasteiger partial charge in [-0.05, 0) is 75.2 Å². The summed E-state index contributed by atoms with van der Waals surface area (Å²) >= 11 is 14.9. The zero-order valence-electron chi connectivity index (χ0n) is 17.8. The summed E-state index contributed by atoms with van der Waals surface area (Å²) < 4.78 is 6.08. The Labute approximate surface area is 222 Å². The molecule has 3 aromatic rings. The highest BCUT2D eigenvalue weighted by Gasteiger charge is 2.29. The summed E-state index contributed by atoms with van der Waals surface area (Å²) in [5, 5.41) is 9.61. The molecule has 0 amide bonds. The van der Waals surface area contributed by atoms with Gasteiger partial charge in [-0.1, -0.05) is 44.2 Å². The van der Waals surface area contributed by atoms with Gasteiger partial charge in [-0.3, -0.25) is 4.90 Å². The average Bonchev–Trinajstić information content (AvgIpc) is 3.17. The molecule has 1 fully saturated rings. The van der Waals surface area contributed by atoms with Crippen LogP contribution in [0.2, 0.25) is 0 Å².